The fourth-order valence-corrected chi connectivity index (χ4v) is 2.41. The van der Waals surface area contributed by atoms with E-state index in [1.54, 1.807) is 6.07 Å². The maximum Gasteiger partial charge on any atom is 0.416 e. The molecule has 0 saturated heterocycles. The maximum absolute atomic E-state index is 12.7. The first kappa shape index (κ1) is 19.1. The Bertz CT molecular complexity index is 811. The lowest BCUT2D eigenvalue weighted by Gasteiger charge is -2.11. The molecule has 0 aliphatic rings. The van der Waals surface area contributed by atoms with Gasteiger partial charge in [0.1, 0.15) is 0 Å². The van der Waals surface area contributed by atoms with Crippen LogP contribution < -0.4 is 0 Å². The van der Waals surface area contributed by atoms with E-state index in [2.05, 4.69) is 5.10 Å². The van der Waals surface area contributed by atoms with Crippen molar-refractivity contribution in [2.75, 3.05) is 0 Å². The molecule has 2 aromatic rings. The molecule has 0 amide bonds. The van der Waals surface area contributed by atoms with Crippen LogP contribution in [0.25, 0.3) is 6.08 Å². The first-order valence-electron chi connectivity index (χ1n) is 7.42. The SMILES string of the molecule is CC(C)c1cc(C=CC(=O)O)n(Cc2ccc(C(F)(F)F)cc2Cl)n1. The number of hydrogen-bond acceptors (Lipinski definition) is 2. The van der Waals surface area contributed by atoms with Crippen molar-refractivity contribution in [1.29, 1.82) is 0 Å². The van der Waals surface area contributed by atoms with Gasteiger partial charge in [-0.3, -0.25) is 4.68 Å². The summed E-state index contributed by atoms with van der Waals surface area (Å²) in [7, 11) is 0. The zero-order chi connectivity index (χ0) is 18.8. The molecule has 8 heteroatoms. The van der Waals surface area contributed by atoms with Crippen LogP contribution in [-0.2, 0) is 17.5 Å². The second-order valence-electron chi connectivity index (χ2n) is 5.78. The van der Waals surface area contributed by atoms with Crippen LogP contribution in [0, 0.1) is 0 Å². The highest BCUT2D eigenvalue weighted by atomic mass is 35.5. The molecule has 0 spiro atoms. The normalized spacial score (nSPS) is 12.3. The molecule has 0 radical (unpaired) electrons. The summed E-state index contributed by atoms with van der Waals surface area (Å²) in [5.74, 6) is -0.993. The molecule has 0 saturated carbocycles. The van der Waals surface area contributed by atoms with E-state index in [4.69, 9.17) is 16.7 Å². The summed E-state index contributed by atoms with van der Waals surface area (Å²) in [6.45, 7) is 3.99. The van der Waals surface area contributed by atoms with Crippen LogP contribution in [0.4, 0.5) is 13.2 Å². The highest BCUT2D eigenvalue weighted by Crippen LogP contribution is 2.32. The predicted octanol–water partition coefficient (Wildman–Crippen LogP) is 4.82. The van der Waals surface area contributed by atoms with Gasteiger partial charge in [-0.2, -0.15) is 18.3 Å². The number of rotatable bonds is 5. The number of aromatic nitrogens is 2. The average Bonchev–Trinajstić information content (AvgIpc) is 2.89. The first-order chi connectivity index (χ1) is 11.6. The Morgan fingerprint density at radius 3 is 2.56 bits per heavy atom. The number of alkyl halides is 3. The van der Waals surface area contributed by atoms with Crippen molar-refractivity contribution in [3.63, 3.8) is 0 Å². The van der Waals surface area contributed by atoms with Gasteiger partial charge < -0.3 is 5.11 Å². The van der Waals surface area contributed by atoms with E-state index < -0.39 is 17.7 Å². The van der Waals surface area contributed by atoms with Gasteiger partial charge in [0.2, 0.25) is 0 Å². The van der Waals surface area contributed by atoms with E-state index in [-0.39, 0.29) is 17.5 Å². The van der Waals surface area contributed by atoms with Gasteiger partial charge in [0.15, 0.2) is 0 Å². The molecule has 0 fully saturated rings. The van der Waals surface area contributed by atoms with Crippen molar-refractivity contribution in [2.24, 2.45) is 0 Å². The number of benzene rings is 1. The first-order valence-corrected chi connectivity index (χ1v) is 7.80. The minimum atomic E-state index is -4.46. The molecule has 134 valence electrons. The number of aliphatic carboxylic acids is 1. The Balaban J connectivity index is 2.37. The van der Waals surface area contributed by atoms with Crippen molar-refractivity contribution in [1.82, 2.24) is 9.78 Å². The second-order valence-corrected chi connectivity index (χ2v) is 6.19. The van der Waals surface area contributed by atoms with Crippen LogP contribution in [-0.4, -0.2) is 20.9 Å². The molecule has 0 aliphatic heterocycles. The van der Waals surface area contributed by atoms with Gasteiger partial charge in [-0.15, -0.1) is 0 Å². The van der Waals surface area contributed by atoms with Gasteiger partial charge >= 0.3 is 12.1 Å². The average molecular weight is 373 g/mol. The van der Waals surface area contributed by atoms with Gasteiger partial charge in [-0.25, -0.2) is 4.79 Å². The summed E-state index contributed by atoms with van der Waals surface area (Å²) >= 11 is 5.98. The molecule has 1 N–H and O–H groups in total. The fourth-order valence-electron chi connectivity index (χ4n) is 2.16. The zero-order valence-electron chi connectivity index (χ0n) is 13.5. The molecular formula is C17H16ClF3N2O2. The Morgan fingerprint density at radius 2 is 2.04 bits per heavy atom. The molecule has 0 bridgehead atoms. The number of hydrogen-bond donors (Lipinski definition) is 1. The third kappa shape index (κ3) is 4.85. The van der Waals surface area contributed by atoms with Crippen molar-refractivity contribution in [2.45, 2.75) is 32.5 Å². The van der Waals surface area contributed by atoms with E-state index in [0.717, 1.165) is 23.9 Å². The number of carboxylic acids is 1. The molecule has 4 nitrogen and oxygen atoms in total. The summed E-state index contributed by atoms with van der Waals surface area (Å²) in [5, 5.41) is 13.1. The number of halogens is 4. The summed E-state index contributed by atoms with van der Waals surface area (Å²) < 4.78 is 39.7. The van der Waals surface area contributed by atoms with Gasteiger partial charge in [-0.1, -0.05) is 31.5 Å². The lowest BCUT2D eigenvalue weighted by Crippen LogP contribution is -2.08. The van der Waals surface area contributed by atoms with Gasteiger partial charge in [0, 0.05) is 11.1 Å². The zero-order valence-corrected chi connectivity index (χ0v) is 14.3. The Labute approximate surface area is 147 Å². The quantitative estimate of drug-likeness (QED) is 0.765. The monoisotopic (exact) mass is 372 g/mol. The largest absolute Gasteiger partial charge is 0.478 e. The number of carbonyl (C=O) groups is 1. The summed E-state index contributed by atoms with van der Waals surface area (Å²) in [6.07, 6.45) is -2.10. The molecule has 2 rings (SSSR count). The van der Waals surface area contributed by atoms with E-state index in [0.29, 0.717) is 11.3 Å². The minimum absolute atomic E-state index is 0.0235. The summed E-state index contributed by atoms with van der Waals surface area (Å²) in [4.78, 5) is 10.7. The number of nitrogens with zero attached hydrogens (tertiary/aromatic N) is 2. The third-order valence-electron chi connectivity index (χ3n) is 3.52. The highest BCUT2D eigenvalue weighted by molar-refractivity contribution is 6.31. The van der Waals surface area contributed by atoms with Crippen molar-refractivity contribution >= 4 is 23.6 Å². The van der Waals surface area contributed by atoms with E-state index in [1.807, 2.05) is 13.8 Å². The molecule has 0 aliphatic carbocycles. The third-order valence-corrected chi connectivity index (χ3v) is 3.87. The smallest absolute Gasteiger partial charge is 0.416 e. The molecule has 0 unspecified atom stereocenters. The molecule has 25 heavy (non-hydrogen) atoms. The van der Waals surface area contributed by atoms with Gasteiger partial charge in [0.05, 0.1) is 23.5 Å². The topological polar surface area (TPSA) is 55.1 Å². The van der Waals surface area contributed by atoms with Crippen LogP contribution in [0.1, 0.15) is 42.3 Å². The van der Waals surface area contributed by atoms with E-state index in [9.17, 15) is 18.0 Å². The lowest BCUT2D eigenvalue weighted by atomic mass is 10.1. The maximum atomic E-state index is 12.7. The number of carboxylic acid groups (broad SMARTS) is 1. The fraction of sp³-hybridized carbons (Fsp3) is 0.294. The predicted molar refractivity (Wildman–Crippen MR) is 88.5 cm³/mol. The molecule has 0 atom stereocenters. The van der Waals surface area contributed by atoms with Crippen LogP contribution in [0.3, 0.4) is 0 Å². The highest BCUT2D eigenvalue weighted by Gasteiger charge is 2.30. The Hall–Kier alpha value is -2.28. The van der Waals surface area contributed by atoms with Crippen molar-refractivity contribution < 1.29 is 23.1 Å². The lowest BCUT2D eigenvalue weighted by molar-refractivity contribution is -0.137. The van der Waals surface area contributed by atoms with E-state index in [1.165, 1.54) is 16.8 Å². The van der Waals surface area contributed by atoms with Crippen molar-refractivity contribution in [3.05, 3.63) is 57.9 Å². The molecule has 1 heterocycles. The van der Waals surface area contributed by atoms with Crippen LogP contribution in [0.5, 0.6) is 0 Å². The standard InChI is InChI=1S/C17H16ClF3N2O2/c1-10(2)15-8-13(5-6-16(24)25)23(22-15)9-11-3-4-12(7-14(11)18)17(19,20)21/h3-8,10H,9H2,1-2H3,(H,24,25). The van der Waals surface area contributed by atoms with Crippen LogP contribution >= 0.6 is 11.6 Å². The molecule has 1 aromatic carbocycles. The van der Waals surface area contributed by atoms with Gasteiger partial charge in [-0.05, 0) is 35.8 Å². The molecular weight excluding hydrogens is 357 g/mol. The Kier molecular flexibility index (Phi) is 5.57. The Morgan fingerprint density at radius 1 is 1.36 bits per heavy atom. The summed E-state index contributed by atoms with van der Waals surface area (Å²) in [5.41, 5.74) is 0.906. The molecule has 1 aromatic heterocycles. The van der Waals surface area contributed by atoms with Gasteiger partial charge in [0.25, 0.3) is 0 Å². The van der Waals surface area contributed by atoms with E-state index >= 15 is 0 Å². The van der Waals surface area contributed by atoms with Crippen molar-refractivity contribution in [3.8, 4) is 0 Å². The van der Waals surface area contributed by atoms with Crippen LogP contribution in [0.2, 0.25) is 5.02 Å². The second kappa shape index (κ2) is 7.31. The summed E-state index contributed by atoms with van der Waals surface area (Å²) in [6, 6.07) is 4.87. The van der Waals surface area contributed by atoms with Crippen LogP contribution in [0.15, 0.2) is 30.3 Å². The minimum Gasteiger partial charge on any atom is -0.478 e.